The number of hydrogen-bond donors (Lipinski definition) is 2. The molecular formula is C13H27ClN2O3. The van der Waals surface area contributed by atoms with Gasteiger partial charge >= 0.3 is 5.97 Å². The van der Waals surface area contributed by atoms with Gasteiger partial charge < -0.3 is 15.4 Å². The maximum atomic E-state index is 11.8. The molecule has 0 radical (unpaired) electrons. The molecule has 0 aliphatic rings. The summed E-state index contributed by atoms with van der Waals surface area (Å²) in [5, 5.41) is 5.99. The minimum atomic E-state index is -0.468. The van der Waals surface area contributed by atoms with Crippen LogP contribution in [0, 0.1) is 0 Å². The summed E-state index contributed by atoms with van der Waals surface area (Å²) in [7, 11) is 3.23. The van der Waals surface area contributed by atoms with Gasteiger partial charge in [-0.3, -0.25) is 9.59 Å². The third kappa shape index (κ3) is 8.06. The molecule has 0 aliphatic carbocycles. The van der Waals surface area contributed by atoms with Crippen LogP contribution in [0.2, 0.25) is 0 Å². The quantitative estimate of drug-likeness (QED) is 0.501. The Balaban J connectivity index is 0. The fourth-order valence-corrected chi connectivity index (χ4v) is 1.85. The minimum absolute atomic E-state index is 0. The Bertz CT molecular complexity index is 269. The van der Waals surface area contributed by atoms with Crippen molar-refractivity contribution >= 4 is 24.3 Å². The molecule has 0 aliphatic heterocycles. The molecule has 0 fully saturated rings. The molecule has 0 atom stereocenters. The van der Waals surface area contributed by atoms with Gasteiger partial charge in [-0.25, -0.2) is 0 Å². The lowest BCUT2D eigenvalue weighted by Crippen LogP contribution is -2.49. The average molecular weight is 295 g/mol. The number of ether oxygens (including phenoxy) is 1. The molecular weight excluding hydrogens is 268 g/mol. The third-order valence-electron chi connectivity index (χ3n) is 3.30. The lowest BCUT2D eigenvalue weighted by atomic mass is 9.88. The molecule has 2 N–H and O–H groups in total. The third-order valence-corrected chi connectivity index (χ3v) is 3.30. The number of hydrogen-bond acceptors (Lipinski definition) is 4. The Hall–Kier alpha value is -0.810. The van der Waals surface area contributed by atoms with E-state index in [4.69, 9.17) is 0 Å². The van der Waals surface area contributed by atoms with Gasteiger partial charge in [-0.05, 0) is 32.9 Å². The molecule has 0 saturated heterocycles. The summed E-state index contributed by atoms with van der Waals surface area (Å²) in [6, 6.07) is 0. The second-order valence-electron chi connectivity index (χ2n) is 4.50. The van der Waals surface area contributed by atoms with Gasteiger partial charge in [0.2, 0.25) is 5.91 Å². The van der Waals surface area contributed by atoms with E-state index in [9.17, 15) is 9.59 Å². The predicted octanol–water partition coefficient (Wildman–Crippen LogP) is 1.65. The van der Waals surface area contributed by atoms with E-state index in [-0.39, 0.29) is 30.7 Å². The molecule has 0 aromatic heterocycles. The molecule has 0 rings (SSSR count). The smallest absolute Gasteiger partial charge is 0.307 e. The van der Waals surface area contributed by atoms with E-state index in [0.29, 0.717) is 6.42 Å². The van der Waals surface area contributed by atoms with Gasteiger partial charge in [-0.1, -0.05) is 13.8 Å². The zero-order valence-electron chi connectivity index (χ0n) is 12.4. The lowest BCUT2D eigenvalue weighted by Gasteiger charge is -2.32. The number of rotatable bonds is 9. The van der Waals surface area contributed by atoms with E-state index in [1.165, 1.54) is 7.11 Å². The monoisotopic (exact) mass is 294 g/mol. The average Bonchev–Trinajstić information content (AvgIpc) is 2.38. The topological polar surface area (TPSA) is 67.4 Å². The van der Waals surface area contributed by atoms with E-state index in [1.807, 2.05) is 20.9 Å². The minimum Gasteiger partial charge on any atom is -0.469 e. The number of methoxy groups -OCH3 is 1. The summed E-state index contributed by atoms with van der Waals surface area (Å²) in [5.74, 6) is -0.285. The van der Waals surface area contributed by atoms with Crippen molar-refractivity contribution in [1.29, 1.82) is 0 Å². The van der Waals surface area contributed by atoms with Crippen molar-refractivity contribution in [2.75, 3.05) is 20.7 Å². The van der Waals surface area contributed by atoms with Crippen molar-refractivity contribution in [3.8, 4) is 0 Å². The highest BCUT2D eigenvalue weighted by Gasteiger charge is 2.31. The molecule has 0 unspecified atom stereocenters. The van der Waals surface area contributed by atoms with Crippen molar-refractivity contribution in [3.05, 3.63) is 0 Å². The summed E-state index contributed by atoms with van der Waals surface area (Å²) >= 11 is 0. The number of carbonyl (C=O) groups is 2. The maximum Gasteiger partial charge on any atom is 0.307 e. The van der Waals surface area contributed by atoms with Gasteiger partial charge in [0.05, 0.1) is 13.5 Å². The van der Waals surface area contributed by atoms with Crippen molar-refractivity contribution in [2.45, 2.75) is 51.5 Å². The first kappa shape index (κ1) is 20.5. The van der Waals surface area contributed by atoms with Crippen LogP contribution >= 0.6 is 12.4 Å². The first-order valence-corrected chi connectivity index (χ1v) is 6.56. The molecule has 0 bridgehead atoms. The second kappa shape index (κ2) is 11.1. The highest BCUT2D eigenvalue weighted by molar-refractivity contribution is 5.85. The van der Waals surface area contributed by atoms with Crippen molar-refractivity contribution < 1.29 is 14.3 Å². The molecule has 19 heavy (non-hydrogen) atoms. The summed E-state index contributed by atoms with van der Waals surface area (Å²) < 4.78 is 4.69. The molecule has 0 spiro atoms. The van der Waals surface area contributed by atoms with Crippen LogP contribution < -0.4 is 10.6 Å². The highest BCUT2D eigenvalue weighted by atomic mass is 35.5. The van der Waals surface area contributed by atoms with Crippen molar-refractivity contribution in [2.24, 2.45) is 0 Å². The van der Waals surface area contributed by atoms with Gasteiger partial charge in [-0.15, -0.1) is 12.4 Å². The van der Waals surface area contributed by atoms with Crippen LogP contribution in [0.4, 0.5) is 0 Å². The Morgan fingerprint density at radius 1 is 1.21 bits per heavy atom. The zero-order chi connectivity index (χ0) is 14.0. The first-order valence-electron chi connectivity index (χ1n) is 6.56. The van der Waals surface area contributed by atoms with Gasteiger partial charge in [0, 0.05) is 12.0 Å². The molecule has 0 aromatic rings. The number of nitrogens with one attached hydrogen (secondary N) is 2. The van der Waals surface area contributed by atoms with Gasteiger partial charge in [0.25, 0.3) is 0 Å². The normalized spacial score (nSPS) is 10.5. The predicted molar refractivity (Wildman–Crippen MR) is 78.5 cm³/mol. The molecule has 1 amide bonds. The summed E-state index contributed by atoms with van der Waals surface area (Å²) in [6.45, 7) is 4.76. The Kier molecular flexibility index (Phi) is 11.9. The van der Waals surface area contributed by atoms with Crippen LogP contribution in [-0.4, -0.2) is 38.1 Å². The van der Waals surface area contributed by atoms with Gasteiger partial charge in [-0.2, -0.15) is 0 Å². The summed E-state index contributed by atoms with van der Waals surface area (Å²) in [5.41, 5.74) is -0.468. The Morgan fingerprint density at radius 2 is 1.79 bits per heavy atom. The fourth-order valence-electron chi connectivity index (χ4n) is 1.85. The molecule has 0 heterocycles. The zero-order valence-corrected chi connectivity index (χ0v) is 13.2. The molecule has 114 valence electrons. The van der Waals surface area contributed by atoms with Crippen molar-refractivity contribution in [3.63, 3.8) is 0 Å². The van der Waals surface area contributed by atoms with Gasteiger partial charge in [0.1, 0.15) is 0 Å². The van der Waals surface area contributed by atoms with Crippen LogP contribution in [0.15, 0.2) is 0 Å². The first-order chi connectivity index (χ1) is 8.53. The maximum absolute atomic E-state index is 11.8. The van der Waals surface area contributed by atoms with Crippen molar-refractivity contribution in [1.82, 2.24) is 10.6 Å². The summed E-state index contributed by atoms with van der Waals surface area (Å²) in [6.07, 6.45) is 2.94. The fraction of sp³-hybridized carbons (Fsp3) is 0.846. The van der Waals surface area contributed by atoms with Crippen LogP contribution in [0.5, 0.6) is 0 Å². The van der Waals surface area contributed by atoms with E-state index in [1.54, 1.807) is 0 Å². The lowest BCUT2D eigenvalue weighted by molar-refractivity contribution is -0.142. The number of amides is 1. The highest BCUT2D eigenvalue weighted by Crippen LogP contribution is 2.20. The molecule has 0 aromatic carbocycles. The standard InChI is InChI=1S/C13H26N2O3.ClH/c1-5-13(6-2,10-12(17)18-4)15-11(16)8-7-9-14-3;/h14H,5-10H2,1-4H3,(H,15,16);1H. The van der Waals surface area contributed by atoms with Crippen LogP contribution in [-0.2, 0) is 14.3 Å². The van der Waals surface area contributed by atoms with Gasteiger partial charge in [0.15, 0.2) is 0 Å². The number of carbonyl (C=O) groups excluding carboxylic acids is 2. The van der Waals surface area contributed by atoms with E-state index in [2.05, 4.69) is 15.4 Å². The number of esters is 1. The largest absolute Gasteiger partial charge is 0.469 e. The Morgan fingerprint density at radius 3 is 2.21 bits per heavy atom. The molecule has 5 nitrogen and oxygen atoms in total. The van der Waals surface area contributed by atoms with Crippen LogP contribution in [0.3, 0.4) is 0 Å². The van der Waals surface area contributed by atoms with Crippen LogP contribution in [0.25, 0.3) is 0 Å². The van der Waals surface area contributed by atoms with Crippen LogP contribution in [0.1, 0.15) is 46.0 Å². The Labute approximate surface area is 122 Å². The molecule has 0 saturated carbocycles. The number of halogens is 1. The van der Waals surface area contributed by atoms with E-state index >= 15 is 0 Å². The summed E-state index contributed by atoms with van der Waals surface area (Å²) in [4.78, 5) is 23.2. The van der Waals surface area contributed by atoms with E-state index in [0.717, 1.165) is 25.8 Å². The second-order valence-corrected chi connectivity index (χ2v) is 4.50. The SMILES string of the molecule is CCC(CC)(CC(=O)OC)NC(=O)CCCNC.Cl. The molecule has 6 heteroatoms. The van der Waals surface area contributed by atoms with E-state index < -0.39 is 5.54 Å².